The highest BCUT2D eigenvalue weighted by Gasteiger charge is 2.46. The number of likely N-dealkylation sites (tertiary alicyclic amines) is 1. The zero-order valence-electron chi connectivity index (χ0n) is 12.0. The number of benzene rings is 1. The molecule has 0 radical (unpaired) electrons. The van der Waals surface area contributed by atoms with E-state index < -0.39 is 11.4 Å². The van der Waals surface area contributed by atoms with Crippen LogP contribution in [-0.2, 0) is 16.8 Å². The lowest BCUT2D eigenvalue weighted by atomic mass is 9.80. The highest BCUT2D eigenvalue weighted by atomic mass is 32.1. The maximum absolute atomic E-state index is 11.9. The van der Waals surface area contributed by atoms with Crippen LogP contribution in [0.3, 0.4) is 0 Å². The molecule has 5 heteroatoms. The van der Waals surface area contributed by atoms with E-state index in [9.17, 15) is 9.90 Å². The largest absolute Gasteiger partial charge is 0.481 e. The number of aryl methyl sites for hydroxylation is 1. The van der Waals surface area contributed by atoms with Gasteiger partial charge in [0.05, 0.1) is 5.01 Å². The third-order valence-electron chi connectivity index (χ3n) is 4.13. The van der Waals surface area contributed by atoms with Gasteiger partial charge in [-0.2, -0.15) is 0 Å². The Morgan fingerprint density at radius 1 is 1.43 bits per heavy atom. The summed E-state index contributed by atoms with van der Waals surface area (Å²) in [7, 11) is 0. The van der Waals surface area contributed by atoms with Crippen molar-refractivity contribution < 1.29 is 9.90 Å². The molecule has 4 nitrogen and oxygen atoms in total. The van der Waals surface area contributed by atoms with E-state index in [0.29, 0.717) is 13.0 Å². The number of hydrogen-bond donors (Lipinski definition) is 1. The minimum absolute atomic E-state index is 0.559. The topological polar surface area (TPSA) is 53.4 Å². The number of thiazole rings is 1. The molecule has 110 valence electrons. The fourth-order valence-electron chi connectivity index (χ4n) is 3.01. The Hall–Kier alpha value is -1.72. The summed E-state index contributed by atoms with van der Waals surface area (Å²) < 4.78 is 0. The van der Waals surface area contributed by atoms with Crippen LogP contribution < -0.4 is 0 Å². The SMILES string of the molecule is Cc1ncc(CN2CC[C@](C(=O)O)(c3ccccc3)C2)s1. The number of aliphatic carboxylic acids is 1. The van der Waals surface area contributed by atoms with Crippen molar-refractivity contribution in [3.63, 3.8) is 0 Å². The third-order valence-corrected chi connectivity index (χ3v) is 5.03. The van der Waals surface area contributed by atoms with Crippen LogP contribution in [-0.4, -0.2) is 34.0 Å². The average Bonchev–Trinajstić information content (AvgIpc) is 3.08. The summed E-state index contributed by atoms with van der Waals surface area (Å²) in [6.45, 7) is 4.14. The molecule has 3 rings (SSSR count). The van der Waals surface area contributed by atoms with Crippen LogP contribution in [0, 0.1) is 6.92 Å². The van der Waals surface area contributed by atoms with Gasteiger partial charge in [-0.15, -0.1) is 11.3 Å². The highest BCUT2D eigenvalue weighted by Crippen LogP contribution is 2.35. The molecule has 1 atom stereocenters. The maximum atomic E-state index is 11.9. The van der Waals surface area contributed by atoms with Gasteiger partial charge in [0.1, 0.15) is 5.41 Å². The van der Waals surface area contributed by atoms with Gasteiger partial charge in [0.15, 0.2) is 0 Å². The van der Waals surface area contributed by atoms with Crippen LogP contribution >= 0.6 is 11.3 Å². The maximum Gasteiger partial charge on any atom is 0.315 e. The van der Waals surface area contributed by atoms with Crippen LogP contribution in [0.2, 0.25) is 0 Å². The molecule has 1 aliphatic rings. The minimum Gasteiger partial charge on any atom is -0.481 e. The van der Waals surface area contributed by atoms with E-state index >= 15 is 0 Å². The average molecular weight is 302 g/mol. The van der Waals surface area contributed by atoms with E-state index in [4.69, 9.17) is 0 Å². The number of nitrogens with zero attached hydrogens (tertiary/aromatic N) is 2. The molecular formula is C16H18N2O2S. The fraction of sp³-hybridized carbons (Fsp3) is 0.375. The monoisotopic (exact) mass is 302 g/mol. The molecule has 1 N–H and O–H groups in total. The summed E-state index contributed by atoms with van der Waals surface area (Å²) in [4.78, 5) is 19.6. The summed E-state index contributed by atoms with van der Waals surface area (Å²) in [6, 6.07) is 9.60. The second-order valence-corrected chi connectivity index (χ2v) is 6.88. The number of rotatable bonds is 4. The Balaban J connectivity index is 1.80. The zero-order chi connectivity index (χ0) is 14.9. The van der Waals surface area contributed by atoms with Gasteiger partial charge in [0.2, 0.25) is 0 Å². The molecule has 1 aliphatic heterocycles. The molecule has 0 bridgehead atoms. The second kappa shape index (κ2) is 5.58. The summed E-state index contributed by atoms with van der Waals surface area (Å²) >= 11 is 1.68. The van der Waals surface area contributed by atoms with Crippen molar-refractivity contribution in [2.24, 2.45) is 0 Å². The van der Waals surface area contributed by atoms with Crippen molar-refractivity contribution in [3.8, 4) is 0 Å². The van der Waals surface area contributed by atoms with E-state index in [0.717, 1.165) is 23.7 Å². The fourth-order valence-corrected chi connectivity index (χ4v) is 3.85. The van der Waals surface area contributed by atoms with E-state index in [1.807, 2.05) is 43.5 Å². The molecule has 1 saturated heterocycles. The van der Waals surface area contributed by atoms with E-state index in [1.54, 1.807) is 11.3 Å². The molecule has 1 fully saturated rings. The Morgan fingerprint density at radius 3 is 2.81 bits per heavy atom. The Morgan fingerprint density at radius 2 is 2.19 bits per heavy atom. The third kappa shape index (κ3) is 2.71. The Labute approximate surface area is 128 Å². The van der Waals surface area contributed by atoms with Gasteiger partial charge in [-0.1, -0.05) is 30.3 Å². The number of aromatic nitrogens is 1. The number of carboxylic acid groups (broad SMARTS) is 1. The molecule has 21 heavy (non-hydrogen) atoms. The molecule has 0 spiro atoms. The molecule has 0 aliphatic carbocycles. The number of carboxylic acids is 1. The van der Waals surface area contributed by atoms with Gasteiger partial charge >= 0.3 is 5.97 Å². The van der Waals surface area contributed by atoms with E-state index in [2.05, 4.69) is 9.88 Å². The van der Waals surface area contributed by atoms with Crippen molar-refractivity contribution in [2.75, 3.05) is 13.1 Å². The van der Waals surface area contributed by atoms with Gasteiger partial charge in [-0.3, -0.25) is 9.69 Å². The molecule has 2 heterocycles. The lowest BCUT2D eigenvalue weighted by molar-refractivity contribution is -0.143. The summed E-state index contributed by atoms with van der Waals surface area (Å²) in [5, 5.41) is 10.8. The summed E-state index contributed by atoms with van der Waals surface area (Å²) in [6.07, 6.45) is 2.55. The first-order valence-corrected chi connectivity index (χ1v) is 7.84. The normalized spacial score (nSPS) is 22.5. The van der Waals surface area contributed by atoms with Crippen molar-refractivity contribution in [3.05, 3.63) is 52.0 Å². The van der Waals surface area contributed by atoms with Gasteiger partial charge in [0, 0.05) is 30.7 Å². The number of hydrogen-bond acceptors (Lipinski definition) is 4. The summed E-state index contributed by atoms with van der Waals surface area (Å²) in [5.74, 6) is -0.725. The van der Waals surface area contributed by atoms with Gasteiger partial charge in [0.25, 0.3) is 0 Å². The molecule has 1 aromatic heterocycles. The highest BCUT2D eigenvalue weighted by molar-refractivity contribution is 7.11. The first-order chi connectivity index (χ1) is 10.1. The first-order valence-electron chi connectivity index (χ1n) is 7.03. The molecule has 2 aromatic rings. The van der Waals surface area contributed by atoms with Crippen LogP contribution in [0.15, 0.2) is 36.5 Å². The molecule has 1 aromatic carbocycles. The second-order valence-electron chi connectivity index (χ2n) is 5.56. The van der Waals surface area contributed by atoms with E-state index in [-0.39, 0.29) is 0 Å². The van der Waals surface area contributed by atoms with Crippen LogP contribution in [0.5, 0.6) is 0 Å². The quantitative estimate of drug-likeness (QED) is 0.943. The molecule has 0 amide bonds. The standard InChI is InChI=1S/C16H18N2O2S/c1-12-17-9-14(21-12)10-18-8-7-16(11-18,15(19)20)13-5-3-2-4-6-13/h2-6,9H,7-8,10-11H2,1H3,(H,19,20)/t16-/m1/s1. The smallest absolute Gasteiger partial charge is 0.315 e. The van der Waals surface area contributed by atoms with E-state index in [1.165, 1.54) is 4.88 Å². The van der Waals surface area contributed by atoms with Gasteiger partial charge in [-0.25, -0.2) is 4.98 Å². The van der Waals surface area contributed by atoms with Crippen LogP contribution in [0.4, 0.5) is 0 Å². The van der Waals surface area contributed by atoms with Crippen molar-refractivity contribution >= 4 is 17.3 Å². The lowest BCUT2D eigenvalue weighted by Crippen LogP contribution is -2.38. The zero-order valence-corrected chi connectivity index (χ0v) is 12.8. The molecule has 0 saturated carbocycles. The van der Waals surface area contributed by atoms with Crippen molar-refractivity contribution in [1.29, 1.82) is 0 Å². The molecular weight excluding hydrogens is 284 g/mol. The van der Waals surface area contributed by atoms with Gasteiger partial charge in [-0.05, 0) is 18.9 Å². The van der Waals surface area contributed by atoms with Crippen molar-refractivity contribution in [1.82, 2.24) is 9.88 Å². The number of carbonyl (C=O) groups is 1. The van der Waals surface area contributed by atoms with Crippen molar-refractivity contribution in [2.45, 2.75) is 25.3 Å². The predicted molar refractivity (Wildman–Crippen MR) is 82.5 cm³/mol. The minimum atomic E-state index is -0.777. The first kappa shape index (κ1) is 14.2. The molecule has 0 unspecified atom stereocenters. The lowest BCUT2D eigenvalue weighted by Gasteiger charge is -2.25. The predicted octanol–water partition coefficient (Wildman–Crippen LogP) is 2.68. The van der Waals surface area contributed by atoms with Gasteiger partial charge < -0.3 is 5.11 Å². The summed E-state index contributed by atoms with van der Waals surface area (Å²) in [5.41, 5.74) is 0.126. The Bertz CT molecular complexity index is 641. The van der Waals surface area contributed by atoms with Crippen LogP contribution in [0.1, 0.15) is 21.9 Å². The van der Waals surface area contributed by atoms with Crippen LogP contribution in [0.25, 0.3) is 0 Å². The Kier molecular flexibility index (Phi) is 3.78.